The Labute approximate surface area is 125 Å². The van der Waals surface area contributed by atoms with Gasteiger partial charge in [-0.05, 0) is 19.0 Å². The molecule has 0 radical (unpaired) electrons. The lowest BCUT2D eigenvalue weighted by atomic mass is 10.1. The van der Waals surface area contributed by atoms with Gasteiger partial charge < -0.3 is 19.5 Å². The van der Waals surface area contributed by atoms with Gasteiger partial charge in [-0.1, -0.05) is 6.92 Å². The zero-order valence-corrected chi connectivity index (χ0v) is 13.2. The van der Waals surface area contributed by atoms with Crippen molar-refractivity contribution in [2.24, 2.45) is 0 Å². The van der Waals surface area contributed by atoms with Gasteiger partial charge >= 0.3 is 0 Å². The molecule has 0 amide bonds. The van der Waals surface area contributed by atoms with Crippen molar-refractivity contribution in [3.63, 3.8) is 0 Å². The molecule has 1 aromatic rings. The van der Waals surface area contributed by atoms with Crippen molar-refractivity contribution < 1.29 is 22.6 Å². The molecule has 118 valence electrons. The number of nitrogens with one attached hydrogen (secondary N) is 1. The zero-order chi connectivity index (χ0) is 15.3. The van der Waals surface area contributed by atoms with Crippen molar-refractivity contribution >= 4 is 9.84 Å². The summed E-state index contributed by atoms with van der Waals surface area (Å²) in [5.74, 6) is 2.20. The van der Waals surface area contributed by atoms with Crippen LogP contribution in [0.2, 0.25) is 0 Å². The summed E-state index contributed by atoms with van der Waals surface area (Å²) >= 11 is 0. The van der Waals surface area contributed by atoms with Crippen LogP contribution in [0.3, 0.4) is 0 Å². The quantitative estimate of drug-likeness (QED) is 0.730. The maximum Gasteiger partial charge on any atom is 0.231 e. The van der Waals surface area contributed by atoms with Crippen molar-refractivity contribution in [1.82, 2.24) is 5.32 Å². The van der Waals surface area contributed by atoms with Crippen LogP contribution in [0.15, 0.2) is 12.1 Å². The number of hydrogen-bond acceptors (Lipinski definition) is 6. The molecule has 0 bridgehead atoms. The van der Waals surface area contributed by atoms with Gasteiger partial charge in [0.15, 0.2) is 11.5 Å². The fourth-order valence-corrected chi connectivity index (χ4v) is 2.64. The number of ether oxygens (including phenoxy) is 3. The van der Waals surface area contributed by atoms with Gasteiger partial charge in [-0.3, -0.25) is 0 Å². The highest BCUT2D eigenvalue weighted by Crippen LogP contribution is 2.38. The lowest BCUT2D eigenvalue weighted by Crippen LogP contribution is -2.14. The van der Waals surface area contributed by atoms with Crippen LogP contribution in [0.25, 0.3) is 0 Å². The smallest absolute Gasteiger partial charge is 0.231 e. The number of benzene rings is 1. The average Bonchev–Trinajstić information content (AvgIpc) is 2.86. The fraction of sp³-hybridized carbons (Fsp3) is 0.571. The molecule has 0 aliphatic carbocycles. The summed E-state index contributed by atoms with van der Waals surface area (Å²) in [5.41, 5.74) is 0.973. The summed E-state index contributed by atoms with van der Waals surface area (Å²) in [4.78, 5) is 0. The Morgan fingerprint density at radius 1 is 1.29 bits per heavy atom. The number of sulfone groups is 1. The van der Waals surface area contributed by atoms with Crippen LogP contribution in [0.4, 0.5) is 0 Å². The van der Waals surface area contributed by atoms with E-state index in [1.807, 2.05) is 13.0 Å². The lowest BCUT2D eigenvalue weighted by Gasteiger charge is -2.13. The average molecular weight is 315 g/mol. The molecule has 0 atom stereocenters. The molecular formula is C14H21NO5S. The molecule has 1 aliphatic rings. The summed E-state index contributed by atoms with van der Waals surface area (Å²) in [5, 5.41) is 3.24. The first-order chi connectivity index (χ1) is 9.99. The first-order valence-corrected chi connectivity index (χ1v) is 8.99. The molecular weight excluding hydrogens is 294 g/mol. The Morgan fingerprint density at radius 3 is 2.67 bits per heavy atom. The van der Waals surface area contributed by atoms with Gasteiger partial charge in [-0.15, -0.1) is 0 Å². The summed E-state index contributed by atoms with van der Waals surface area (Å²) in [6.45, 7) is 4.11. The van der Waals surface area contributed by atoms with Gasteiger partial charge in [0.1, 0.15) is 15.6 Å². The highest BCUT2D eigenvalue weighted by molar-refractivity contribution is 7.90. The summed E-state index contributed by atoms with van der Waals surface area (Å²) in [6, 6.07) is 3.70. The van der Waals surface area contributed by atoms with Gasteiger partial charge in [0.05, 0.1) is 12.4 Å². The first kappa shape index (κ1) is 15.9. The Bertz CT molecular complexity index is 585. The Hall–Kier alpha value is -1.47. The molecule has 0 aromatic heterocycles. The molecule has 0 unspecified atom stereocenters. The highest BCUT2D eigenvalue weighted by atomic mass is 32.2. The van der Waals surface area contributed by atoms with E-state index in [-0.39, 0.29) is 12.5 Å². The third-order valence-corrected chi connectivity index (χ3v) is 4.07. The number of rotatable bonds is 8. The van der Waals surface area contributed by atoms with Crippen molar-refractivity contribution in [1.29, 1.82) is 0 Å². The SMILES string of the molecule is CCNCc1cc2c(cc1OCCCS(C)(=O)=O)OCO2. The van der Waals surface area contributed by atoms with E-state index in [0.717, 1.165) is 12.1 Å². The molecule has 0 saturated carbocycles. The summed E-state index contributed by atoms with van der Waals surface area (Å²) in [7, 11) is -2.95. The van der Waals surface area contributed by atoms with Crippen LogP contribution in [0.1, 0.15) is 18.9 Å². The van der Waals surface area contributed by atoms with E-state index in [0.29, 0.717) is 36.8 Å². The number of hydrogen-bond donors (Lipinski definition) is 1. The van der Waals surface area contributed by atoms with Crippen molar-refractivity contribution in [3.05, 3.63) is 17.7 Å². The second-order valence-corrected chi connectivity index (χ2v) is 7.19. The molecule has 1 aliphatic heterocycles. The summed E-state index contributed by atoms with van der Waals surface area (Å²) < 4.78 is 38.6. The Balaban J connectivity index is 2.02. The Kier molecular flexibility index (Phi) is 5.30. The third kappa shape index (κ3) is 4.78. The summed E-state index contributed by atoms with van der Waals surface area (Å²) in [6.07, 6.45) is 1.69. The van der Waals surface area contributed by atoms with Crippen LogP contribution in [-0.4, -0.2) is 40.4 Å². The standard InChI is InChI=1S/C14H21NO5S/c1-3-15-9-11-7-13-14(20-10-19-13)8-12(11)18-5-4-6-21(2,16)17/h7-8,15H,3-6,9-10H2,1-2H3. The molecule has 6 nitrogen and oxygen atoms in total. The molecule has 0 fully saturated rings. The molecule has 7 heteroatoms. The second-order valence-electron chi connectivity index (χ2n) is 4.93. The number of fused-ring (bicyclic) bond motifs is 1. The third-order valence-electron chi connectivity index (χ3n) is 3.04. The van der Waals surface area contributed by atoms with Crippen molar-refractivity contribution in [2.75, 3.05) is 32.0 Å². The van der Waals surface area contributed by atoms with E-state index in [1.54, 1.807) is 6.07 Å². The normalized spacial score (nSPS) is 13.4. The van der Waals surface area contributed by atoms with Crippen molar-refractivity contribution in [3.8, 4) is 17.2 Å². The minimum Gasteiger partial charge on any atom is -0.493 e. The van der Waals surface area contributed by atoms with E-state index in [4.69, 9.17) is 14.2 Å². The first-order valence-electron chi connectivity index (χ1n) is 6.93. The fourth-order valence-electron chi connectivity index (χ4n) is 2.00. The van der Waals surface area contributed by atoms with Crippen LogP contribution < -0.4 is 19.5 Å². The van der Waals surface area contributed by atoms with Gasteiger partial charge in [0, 0.05) is 24.4 Å². The maximum atomic E-state index is 11.1. The van der Waals surface area contributed by atoms with Gasteiger partial charge in [-0.2, -0.15) is 0 Å². The predicted molar refractivity (Wildman–Crippen MR) is 79.8 cm³/mol. The van der Waals surface area contributed by atoms with Gasteiger partial charge in [0.2, 0.25) is 6.79 Å². The predicted octanol–water partition coefficient (Wildman–Crippen LogP) is 1.34. The van der Waals surface area contributed by atoms with Crippen molar-refractivity contribution in [2.45, 2.75) is 19.9 Å². The molecule has 1 heterocycles. The molecule has 1 aromatic carbocycles. The van der Waals surface area contributed by atoms with E-state index >= 15 is 0 Å². The maximum absolute atomic E-state index is 11.1. The van der Waals surface area contributed by atoms with Crippen LogP contribution >= 0.6 is 0 Å². The van der Waals surface area contributed by atoms with Crippen LogP contribution in [0, 0.1) is 0 Å². The molecule has 21 heavy (non-hydrogen) atoms. The van der Waals surface area contributed by atoms with E-state index in [9.17, 15) is 8.42 Å². The van der Waals surface area contributed by atoms with Gasteiger partial charge in [-0.25, -0.2) is 8.42 Å². The van der Waals surface area contributed by atoms with Crippen LogP contribution in [-0.2, 0) is 16.4 Å². The van der Waals surface area contributed by atoms with Gasteiger partial charge in [0.25, 0.3) is 0 Å². The van der Waals surface area contributed by atoms with E-state index < -0.39 is 9.84 Å². The Morgan fingerprint density at radius 2 is 2.00 bits per heavy atom. The highest BCUT2D eigenvalue weighted by Gasteiger charge is 2.18. The minimum atomic E-state index is -2.95. The zero-order valence-electron chi connectivity index (χ0n) is 12.3. The monoisotopic (exact) mass is 315 g/mol. The molecule has 0 saturated heterocycles. The lowest BCUT2D eigenvalue weighted by molar-refractivity contribution is 0.173. The molecule has 1 N–H and O–H groups in total. The molecule has 2 rings (SSSR count). The largest absolute Gasteiger partial charge is 0.493 e. The second kappa shape index (κ2) is 7.00. The minimum absolute atomic E-state index is 0.125. The topological polar surface area (TPSA) is 73.9 Å². The van der Waals surface area contributed by atoms with Crippen LogP contribution in [0.5, 0.6) is 17.2 Å². The van der Waals surface area contributed by atoms with E-state index in [1.165, 1.54) is 6.26 Å². The van der Waals surface area contributed by atoms with E-state index in [2.05, 4.69) is 5.32 Å². The molecule has 0 spiro atoms.